The van der Waals surface area contributed by atoms with E-state index in [1.807, 2.05) is 30.3 Å². The molecule has 2 aromatic carbocycles. The Labute approximate surface area is 169 Å². The van der Waals surface area contributed by atoms with Crippen molar-refractivity contribution in [3.63, 3.8) is 0 Å². The number of amides is 1. The van der Waals surface area contributed by atoms with Crippen molar-refractivity contribution in [2.75, 3.05) is 11.1 Å². The van der Waals surface area contributed by atoms with Gasteiger partial charge < -0.3 is 5.32 Å². The molecule has 0 fully saturated rings. The molecule has 27 heavy (non-hydrogen) atoms. The number of nitrogens with zero attached hydrogens (tertiary/aromatic N) is 2. The van der Waals surface area contributed by atoms with Crippen LogP contribution in [0.15, 0.2) is 58.5 Å². The lowest BCUT2D eigenvalue weighted by molar-refractivity contribution is -0.113. The van der Waals surface area contributed by atoms with Crippen molar-refractivity contribution in [1.29, 1.82) is 0 Å². The van der Waals surface area contributed by atoms with Crippen LogP contribution in [0.4, 0.5) is 5.69 Å². The summed E-state index contributed by atoms with van der Waals surface area (Å²) < 4.78 is 1.52. The number of hydrogen-bond donors (Lipinski definition) is 2. The van der Waals surface area contributed by atoms with Crippen molar-refractivity contribution in [2.24, 2.45) is 0 Å². The molecular weight excluding hydrogens is 407 g/mol. The van der Waals surface area contributed by atoms with Crippen molar-refractivity contribution < 1.29 is 4.79 Å². The average molecular weight is 423 g/mol. The largest absolute Gasteiger partial charge is 0.343 e. The lowest BCUT2D eigenvalue weighted by Gasteiger charge is -2.09. The van der Waals surface area contributed by atoms with Crippen LogP contribution in [0, 0.1) is 0 Å². The highest BCUT2D eigenvalue weighted by Gasteiger charge is 2.14. The van der Waals surface area contributed by atoms with Gasteiger partial charge in [0.15, 0.2) is 5.16 Å². The number of thioether (sulfide) groups is 1. The Balaban J connectivity index is 1.61. The lowest BCUT2D eigenvalue weighted by Crippen LogP contribution is -2.20. The van der Waals surface area contributed by atoms with Gasteiger partial charge in [0.25, 0.3) is 0 Å². The fraction of sp³-hybridized carbons (Fsp3) is 0.167. The molecule has 0 aliphatic heterocycles. The van der Waals surface area contributed by atoms with Gasteiger partial charge in [-0.2, -0.15) is 0 Å². The maximum absolute atomic E-state index is 12.2. The summed E-state index contributed by atoms with van der Waals surface area (Å²) in [4.78, 5) is 24.2. The van der Waals surface area contributed by atoms with Crippen molar-refractivity contribution >= 4 is 46.6 Å². The molecule has 0 aliphatic rings. The zero-order chi connectivity index (χ0) is 19.2. The number of nitrogens with one attached hydrogen (secondary N) is 2. The van der Waals surface area contributed by atoms with Crippen LogP contribution in [0.5, 0.6) is 0 Å². The van der Waals surface area contributed by atoms with Crippen molar-refractivity contribution in [3.05, 3.63) is 74.6 Å². The van der Waals surface area contributed by atoms with Gasteiger partial charge in [-0.25, -0.2) is 9.89 Å². The molecule has 1 amide bonds. The fourth-order valence-electron chi connectivity index (χ4n) is 2.42. The van der Waals surface area contributed by atoms with Gasteiger partial charge in [0.1, 0.15) is 0 Å². The van der Waals surface area contributed by atoms with Crippen LogP contribution < -0.4 is 11.0 Å². The van der Waals surface area contributed by atoms with Gasteiger partial charge in [-0.05, 0) is 24.1 Å². The number of hydrogen-bond acceptors (Lipinski definition) is 4. The summed E-state index contributed by atoms with van der Waals surface area (Å²) >= 11 is 13.3. The molecule has 0 saturated heterocycles. The molecule has 0 saturated carbocycles. The molecule has 2 N–H and O–H groups in total. The van der Waals surface area contributed by atoms with Gasteiger partial charge in [0.05, 0.1) is 21.5 Å². The number of aryl methyl sites for hydroxylation is 1. The van der Waals surface area contributed by atoms with Crippen LogP contribution in [-0.4, -0.2) is 26.4 Å². The molecule has 0 atom stereocenters. The quantitative estimate of drug-likeness (QED) is 0.566. The molecular formula is C18H16Cl2N4O2S. The highest BCUT2D eigenvalue weighted by atomic mass is 35.5. The van der Waals surface area contributed by atoms with Crippen molar-refractivity contribution in [2.45, 2.75) is 18.1 Å². The summed E-state index contributed by atoms with van der Waals surface area (Å²) in [6, 6.07) is 14.8. The highest BCUT2D eigenvalue weighted by Crippen LogP contribution is 2.30. The molecule has 140 valence electrons. The maximum Gasteiger partial charge on any atom is 0.343 e. The number of carbonyl (C=O) groups is 1. The lowest BCUT2D eigenvalue weighted by atomic mass is 10.1. The number of anilines is 1. The molecule has 0 spiro atoms. The predicted octanol–water partition coefficient (Wildman–Crippen LogP) is 3.85. The van der Waals surface area contributed by atoms with E-state index in [4.69, 9.17) is 23.2 Å². The Morgan fingerprint density at radius 3 is 2.52 bits per heavy atom. The third-order valence-corrected chi connectivity index (χ3v) is 5.36. The second-order valence-corrected chi connectivity index (χ2v) is 7.39. The summed E-state index contributed by atoms with van der Waals surface area (Å²) in [6.45, 7) is 0.472. The second-order valence-electron chi connectivity index (χ2n) is 5.63. The molecule has 6 nitrogen and oxygen atoms in total. The first-order valence-electron chi connectivity index (χ1n) is 8.10. The number of carbonyl (C=O) groups excluding carboxylic acids is 1. The number of aromatic nitrogens is 3. The van der Waals surface area contributed by atoms with E-state index < -0.39 is 0 Å². The van der Waals surface area contributed by atoms with Crippen LogP contribution in [0.1, 0.15) is 5.56 Å². The number of para-hydroxylation sites is 1. The fourth-order valence-corrected chi connectivity index (χ4v) is 3.68. The van der Waals surface area contributed by atoms with E-state index in [1.165, 1.54) is 4.57 Å². The van der Waals surface area contributed by atoms with Crippen molar-refractivity contribution in [1.82, 2.24) is 14.8 Å². The number of halogens is 2. The summed E-state index contributed by atoms with van der Waals surface area (Å²) in [5, 5.41) is 10.3. The molecule has 9 heteroatoms. The van der Waals surface area contributed by atoms with Gasteiger partial charge in [-0.1, -0.05) is 71.4 Å². The van der Waals surface area contributed by atoms with Crippen LogP contribution in [0.3, 0.4) is 0 Å². The van der Waals surface area contributed by atoms with E-state index in [-0.39, 0.29) is 17.3 Å². The molecule has 3 aromatic rings. The zero-order valence-electron chi connectivity index (χ0n) is 14.1. The third kappa shape index (κ3) is 5.15. The number of H-pyrrole nitrogens is 1. The minimum Gasteiger partial charge on any atom is -0.323 e. The molecule has 0 bridgehead atoms. The summed E-state index contributed by atoms with van der Waals surface area (Å²) in [7, 11) is 0. The first-order chi connectivity index (χ1) is 13.0. The second kappa shape index (κ2) is 9.12. The molecule has 1 aromatic heterocycles. The highest BCUT2D eigenvalue weighted by molar-refractivity contribution is 7.99. The Kier molecular flexibility index (Phi) is 6.60. The van der Waals surface area contributed by atoms with Crippen LogP contribution in [-0.2, 0) is 17.8 Å². The minimum atomic E-state index is -0.303. The topological polar surface area (TPSA) is 79.8 Å². The van der Waals surface area contributed by atoms with Gasteiger partial charge in [-0.15, -0.1) is 5.10 Å². The zero-order valence-corrected chi connectivity index (χ0v) is 16.4. The Morgan fingerprint density at radius 2 is 1.81 bits per heavy atom. The predicted molar refractivity (Wildman–Crippen MR) is 109 cm³/mol. The van der Waals surface area contributed by atoms with Gasteiger partial charge in [0.2, 0.25) is 5.91 Å². The molecule has 1 heterocycles. The third-order valence-electron chi connectivity index (χ3n) is 3.75. The first-order valence-corrected chi connectivity index (χ1v) is 9.84. The minimum absolute atomic E-state index is 0.0666. The van der Waals surface area contributed by atoms with Crippen LogP contribution in [0.2, 0.25) is 10.0 Å². The molecule has 0 radical (unpaired) electrons. The monoisotopic (exact) mass is 422 g/mol. The van der Waals surface area contributed by atoms with Crippen LogP contribution >= 0.6 is 35.0 Å². The normalized spacial score (nSPS) is 10.7. The Morgan fingerprint density at radius 1 is 1.11 bits per heavy atom. The summed E-state index contributed by atoms with van der Waals surface area (Å²) in [5.74, 6) is -0.225. The van der Waals surface area contributed by atoms with E-state index in [0.29, 0.717) is 33.9 Å². The summed E-state index contributed by atoms with van der Waals surface area (Å²) in [6.07, 6.45) is 0.690. The SMILES string of the molecule is O=C(CSc1n[nH]c(=O)n1CCc1ccccc1)Nc1c(Cl)cccc1Cl. The van der Waals surface area contributed by atoms with E-state index in [1.54, 1.807) is 18.2 Å². The first kappa shape index (κ1) is 19.5. The van der Waals surface area contributed by atoms with E-state index in [2.05, 4.69) is 15.5 Å². The maximum atomic E-state index is 12.2. The molecule has 0 unspecified atom stereocenters. The average Bonchev–Trinajstić information content (AvgIpc) is 3.02. The molecule has 3 rings (SSSR count). The Bertz CT molecular complexity index is 968. The smallest absolute Gasteiger partial charge is 0.323 e. The van der Waals surface area contributed by atoms with Crippen molar-refractivity contribution in [3.8, 4) is 0 Å². The Hall–Kier alpha value is -2.22. The van der Waals surface area contributed by atoms with E-state index in [9.17, 15) is 9.59 Å². The van der Waals surface area contributed by atoms with Gasteiger partial charge in [0, 0.05) is 6.54 Å². The van der Waals surface area contributed by atoms with Crippen LogP contribution in [0.25, 0.3) is 0 Å². The number of aromatic amines is 1. The van der Waals surface area contributed by atoms with Gasteiger partial charge >= 0.3 is 5.69 Å². The summed E-state index contributed by atoms with van der Waals surface area (Å²) in [5.41, 5.74) is 1.19. The number of benzene rings is 2. The van der Waals surface area contributed by atoms with E-state index in [0.717, 1.165) is 17.3 Å². The molecule has 0 aliphatic carbocycles. The van der Waals surface area contributed by atoms with Gasteiger partial charge in [-0.3, -0.25) is 9.36 Å². The number of rotatable bonds is 7. The standard InChI is InChI=1S/C18H16Cl2N4O2S/c19-13-7-4-8-14(20)16(13)21-15(25)11-27-18-23-22-17(26)24(18)10-9-12-5-2-1-3-6-12/h1-8H,9-11H2,(H,21,25)(H,22,26). The van der Waals surface area contributed by atoms with E-state index >= 15 is 0 Å².